The van der Waals surface area contributed by atoms with E-state index >= 15 is 0 Å². The minimum absolute atomic E-state index is 0.221. The van der Waals surface area contributed by atoms with Crippen molar-refractivity contribution in [3.63, 3.8) is 0 Å². The standard InChI is InChI=1S/C9H9N3OS/c1-2-6-5-10-4-3-7(6)8-11-9(14)13-12-8/h3-5H,2H2,1H3,(H,11,12,14). The number of aromatic nitrogens is 3. The molecule has 0 fully saturated rings. The zero-order chi connectivity index (χ0) is 9.97. The lowest BCUT2D eigenvalue weighted by molar-refractivity contribution is 0.406. The van der Waals surface area contributed by atoms with E-state index in [2.05, 4.69) is 22.0 Å². The van der Waals surface area contributed by atoms with Crippen LogP contribution >= 0.6 is 12.2 Å². The van der Waals surface area contributed by atoms with Gasteiger partial charge < -0.3 is 4.52 Å². The maximum atomic E-state index is 4.88. The lowest BCUT2D eigenvalue weighted by atomic mass is 10.1. The van der Waals surface area contributed by atoms with Gasteiger partial charge in [0.1, 0.15) is 0 Å². The molecule has 2 rings (SSSR count). The van der Waals surface area contributed by atoms with Gasteiger partial charge in [0.05, 0.1) is 0 Å². The summed E-state index contributed by atoms with van der Waals surface area (Å²) in [5.41, 5.74) is 2.11. The maximum absolute atomic E-state index is 4.88. The molecule has 0 spiro atoms. The molecular weight excluding hydrogens is 198 g/mol. The van der Waals surface area contributed by atoms with Crippen molar-refractivity contribution in [2.24, 2.45) is 0 Å². The highest BCUT2D eigenvalue weighted by Crippen LogP contribution is 2.19. The van der Waals surface area contributed by atoms with Gasteiger partial charge in [-0.15, -0.1) is 0 Å². The average Bonchev–Trinajstić information content (AvgIpc) is 2.65. The van der Waals surface area contributed by atoms with Gasteiger partial charge in [0.15, 0.2) is 5.82 Å². The van der Waals surface area contributed by atoms with E-state index in [9.17, 15) is 0 Å². The third-order valence-corrected chi connectivity index (χ3v) is 2.15. The molecule has 0 saturated carbocycles. The van der Waals surface area contributed by atoms with E-state index < -0.39 is 0 Å². The highest BCUT2D eigenvalue weighted by Gasteiger charge is 2.06. The molecule has 14 heavy (non-hydrogen) atoms. The highest BCUT2D eigenvalue weighted by molar-refractivity contribution is 7.71. The predicted octanol–water partition coefficient (Wildman–Crippen LogP) is 2.36. The first-order valence-corrected chi connectivity index (χ1v) is 4.71. The highest BCUT2D eigenvalue weighted by atomic mass is 32.1. The van der Waals surface area contributed by atoms with Crippen LogP contribution in [-0.4, -0.2) is 15.1 Å². The van der Waals surface area contributed by atoms with Gasteiger partial charge in [-0.05, 0) is 30.3 Å². The largest absolute Gasteiger partial charge is 0.348 e. The maximum Gasteiger partial charge on any atom is 0.314 e. The Morgan fingerprint density at radius 3 is 3.07 bits per heavy atom. The Balaban J connectivity index is 2.55. The van der Waals surface area contributed by atoms with Gasteiger partial charge >= 0.3 is 4.84 Å². The molecule has 5 heteroatoms. The van der Waals surface area contributed by atoms with Crippen LogP contribution in [0.1, 0.15) is 12.5 Å². The summed E-state index contributed by atoms with van der Waals surface area (Å²) in [5, 5.41) is 2.68. The van der Waals surface area contributed by atoms with Crippen LogP contribution in [0.5, 0.6) is 0 Å². The number of hydrogen-bond acceptors (Lipinski definition) is 4. The first kappa shape index (κ1) is 9.08. The predicted molar refractivity (Wildman–Crippen MR) is 54.3 cm³/mol. The summed E-state index contributed by atoms with van der Waals surface area (Å²) in [6, 6.07) is 1.89. The van der Waals surface area contributed by atoms with Gasteiger partial charge in [0.2, 0.25) is 0 Å². The summed E-state index contributed by atoms with van der Waals surface area (Å²) >= 11 is 4.79. The fourth-order valence-corrected chi connectivity index (χ4v) is 1.42. The Labute approximate surface area is 86.0 Å². The minimum atomic E-state index is 0.221. The van der Waals surface area contributed by atoms with Crippen molar-refractivity contribution in [2.45, 2.75) is 13.3 Å². The van der Waals surface area contributed by atoms with Crippen LogP contribution in [0.4, 0.5) is 0 Å². The summed E-state index contributed by atoms with van der Waals surface area (Å²) < 4.78 is 4.88. The molecule has 0 atom stereocenters. The Morgan fingerprint density at radius 2 is 2.43 bits per heavy atom. The number of nitrogens with zero attached hydrogens (tertiary/aromatic N) is 2. The molecule has 0 aliphatic rings. The van der Waals surface area contributed by atoms with Gasteiger partial charge in [-0.1, -0.05) is 6.92 Å². The van der Waals surface area contributed by atoms with Crippen molar-refractivity contribution in [3.8, 4) is 11.4 Å². The second kappa shape index (κ2) is 3.71. The van der Waals surface area contributed by atoms with Crippen molar-refractivity contribution in [3.05, 3.63) is 28.9 Å². The van der Waals surface area contributed by atoms with E-state index in [0.29, 0.717) is 5.82 Å². The molecule has 2 aromatic heterocycles. The number of pyridine rings is 1. The first-order chi connectivity index (χ1) is 6.81. The average molecular weight is 207 g/mol. The van der Waals surface area contributed by atoms with Crippen LogP contribution in [-0.2, 0) is 6.42 Å². The lowest BCUT2D eigenvalue weighted by Gasteiger charge is -2.01. The van der Waals surface area contributed by atoms with Crippen molar-refractivity contribution >= 4 is 12.2 Å². The Kier molecular flexibility index (Phi) is 2.41. The third kappa shape index (κ3) is 1.58. The summed E-state index contributed by atoms with van der Waals surface area (Å²) in [7, 11) is 0. The number of aromatic amines is 1. The SMILES string of the molecule is CCc1cnccc1-c1nc(=S)o[nH]1. The van der Waals surface area contributed by atoms with Gasteiger partial charge in [0, 0.05) is 18.0 Å². The van der Waals surface area contributed by atoms with Gasteiger partial charge in [-0.25, -0.2) is 5.16 Å². The lowest BCUT2D eigenvalue weighted by Crippen LogP contribution is -1.90. The van der Waals surface area contributed by atoms with E-state index in [1.54, 1.807) is 6.20 Å². The van der Waals surface area contributed by atoms with E-state index in [4.69, 9.17) is 16.7 Å². The second-order valence-electron chi connectivity index (χ2n) is 2.82. The number of H-pyrrole nitrogens is 1. The van der Waals surface area contributed by atoms with Gasteiger partial charge in [-0.3, -0.25) is 4.98 Å². The van der Waals surface area contributed by atoms with Gasteiger partial charge in [-0.2, -0.15) is 4.98 Å². The quantitative estimate of drug-likeness (QED) is 0.768. The molecule has 0 aromatic carbocycles. The molecule has 1 N–H and O–H groups in total. The van der Waals surface area contributed by atoms with E-state index in [1.807, 2.05) is 12.3 Å². The normalized spacial score (nSPS) is 10.4. The van der Waals surface area contributed by atoms with E-state index in [1.165, 1.54) is 0 Å². The summed E-state index contributed by atoms with van der Waals surface area (Å²) in [5.74, 6) is 0.661. The monoisotopic (exact) mass is 207 g/mol. The molecule has 0 bridgehead atoms. The fraction of sp³-hybridized carbons (Fsp3) is 0.222. The number of nitrogens with one attached hydrogen (secondary N) is 1. The van der Waals surface area contributed by atoms with Crippen LogP contribution in [0.25, 0.3) is 11.4 Å². The van der Waals surface area contributed by atoms with Crippen LogP contribution in [0.2, 0.25) is 0 Å². The molecule has 0 unspecified atom stereocenters. The summed E-state index contributed by atoms with van der Waals surface area (Å²) in [4.78, 5) is 8.33. The summed E-state index contributed by atoms with van der Waals surface area (Å²) in [6.45, 7) is 2.06. The topological polar surface area (TPSA) is 54.7 Å². The third-order valence-electron chi connectivity index (χ3n) is 1.98. The van der Waals surface area contributed by atoms with Crippen LogP contribution in [0, 0.1) is 4.84 Å². The van der Waals surface area contributed by atoms with Crippen LogP contribution in [0.15, 0.2) is 23.0 Å². The Morgan fingerprint density at radius 1 is 1.57 bits per heavy atom. The zero-order valence-electron chi connectivity index (χ0n) is 7.65. The number of rotatable bonds is 2. The van der Waals surface area contributed by atoms with Crippen LogP contribution < -0.4 is 0 Å². The van der Waals surface area contributed by atoms with Crippen molar-refractivity contribution < 1.29 is 4.52 Å². The molecule has 0 aliphatic heterocycles. The first-order valence-electron chi connectivity index (χ1n) is 4.30. The minimum Gasteiger partial charge on any atom is -0.348 e. The molecule has 4 nitrogen and oxygen atoms in total. The smallest absolute Gasteiger partial charge is 0.314 e. The molecule has 0 radical (unpaired) electrons. The molecule has 0 saturated heterocycles. The van der Waals surface area contributed by atoms with E-state index in [-0.39, 0.29) is 4.84 Å². The Bertz CT molecular complexity index is 489. The molecule has 0 amide bonds. The molecule has 0 aliphatic carbocycles. The van der Waals surface area contributed by atoms with Crippen LogP contribution in [0.3, 0.4) is 0 Å². The second-order valence-corrected chi connectivity index (χ2v) is 3.17. The van der Waals surface area contributed by atoms with Crippen molar-refractivity contribution in [2.75, 3.05) is 0 Å². The number of aryl methyl sites for hydroxylation is 1. The molecule has 2 heterocycles. The van der Waals surface area contributed by atoms with E-state index in [0.717, 1.165) is 17.5 Å². The van der Waals surface area contributed by atoms with Crippen molar-refractivity contribution in [1.82, 2.24) is 15.1 Å². The Hall–Kier alpha value is -1.49. The molecule has 72 valence electrons. The fourth-order valence-electron chi connectivity index (χ4n) is 1.28. The molecule has 2 aromatic rings. The zero-order valence-corrected chi connectivity index (χ0v) is 8.47. The number of hydrogen-bond donors (Lipinski definition) is 1. The molecular formula is C9H9N3OS. The summed E-state index contributed by atoms with van der Waals surface area (Å²) in [6.07, 6.45) is 4.44. The van der Waals surface area contributed by atoms with Crippen molar-refractivity contribution in [1.29, 1.82) is 0 Å². The van der Waals surface area contributed by atoms with Gasteiger partial charge in [0.25, 0.3) is 0 Å².